The molecule has 1 N–H and O–H groups in total. The van der Waals surface area contributed by atoms with Gasteiger partial charge >= 0.3 is 11.9 Å². The van der Waals surface area contributed by atoms with E-state index in [9.17, 15) is 14.5 Å². The van der Waals surface area contributed by atoms with Crippen molar-refractivity contribution in [1.82, 2.24) is 5.32 Å². The minimum atomic E-state index is -0.660. The molecule has 7 nitrogen and oxygen atoms in total. The van der Waals surface area contributed by atoms with Crippen molar-refractivity contribution >= 4 is 17.6 Å². The normalized spacial score (nSPS) is 15.0. The Morgan fingerprint density at radius 1 is 0.958 bits per heavy atom. The number of nitrogens with one attached hydrogen (secondary N) is 1. The second-order valence-electron chi connectivity index (χ2n) is 5.30. The number of ether oxygens (including phenoxy) is 2. The molecule has 0 atom stereocenters. The summed E-state index contributed by atoms with van der Waals surface area (Å²) in [6, 6.07) is 6.36. The molecule has 0 saturated heterocycles. The summed E-state index contributed by atoms with van der Waals surface area (Å²) in [7, 11) is 2.56. The predicted molar refractivity (Wildman–Crippen MR) is 87.2 cm³/mol. The molecular weight excluding hydrogens is 312 g/mol. The smallest absolute Gasteiger partial charge is 0.336 e. The third kappa shape index (κ3) is 3.05. The van der Waals surface area contributed by atoms with Crippen LogP contribution in [0.3, 0.4) is 0 Å². The first-order valence-corrected chi connectivity index (χ1v) is 7.23. The molecule has 0 bridgehead atoms. The highest BCUT2D eigenvalue weighted by Crippen LogP contribution is 2.39. The quantitative estimate of drug-likeness (QED) is 0.674. The highest BCUT2D eigenvalue weighted by atomic mass is 16.5. The Hall–Kier alpha value is -2.96. The van der Waals surface area contributed by atoms with Crippen molar-refractivity contribution in [3.05, 3.63) is 57.3 Å². The maximum atomic E-state index is 12.3. The second-order valence-corrected chi connectivity index (χ2v) is 5.30. The van der Waals surface area contributed by atoms with E-state index in [1.165, 1.54) is 26.4 Å². The zero-order valence-corrected chi connectivity index (χ0v) is 13.9. The van der Waals surface area contributed by atoms with Gasteiger partial charge in [0.05, 0.1) is 31.3 Å². The molecule has 0 aliphatic carbocycles. The summed E-state index contributed by atoms with van der Waals surface area (Å²) in [6.45, 7) is 3.47. The van der Waals surface area contributed by atoms with Gasteiger partial charge in [0.25, 0.3) is 0 Å². The number of methoxy groups -OCH3 is 2. The van der Waals surface area contributed by atoms with E-state index in [1.807, 2.05) is 0 Å². The Balaban J connectivity index is 2.66. The molecule has 0 spiro atoms. The molecular formula is C17H18N2O5. The lowest BCUT2D eigenvalue weighted by Gasteiger charge is -2.30. The Labute approximate surface area is 139 Å². The van der Waals surface area contributed by atoms with Crippen LogP contribution in [0.1, 0.15) is 25.3 Å². The molecule has 126 valence electrons. The monoisotopic (exact) mass is 330 g/mol. The standard InChI is InChI=1S/C17H18N2O5/c1-9-13(16(20)23-3)15(11-5-7-12(19-22)8-6-11)14(10(2)18-9)17(21)24-4/h5-8,15,18H,1-4H3. The van der Waals surface area contributed by atoms with Gasteiger partial charge in [-0.25, -0.2) is 9.59 Å². The van der Waals surface area contributed by atoms with Crippen LogP contribution in [0, 0.1) is 4.91 Å². The number of esters is 2. The molecule has 1 aromatic carbocycles. The van der Waals surface area contributed by atoms with Crippen molar-refractivity contribution in [2.75, 3.05) is 14.2 Å². The van der Waals surface area contributed by atoms with E-state index >= 15 is 0 Å². The molecule has 1 aliphatic heterocycles. The SMILES string of the molecule is COC(=O)C1=C(C)NC(C)=C(C(=O)OC)C1c1ccc(N=O)cc1. The topological polar surface area (TPSA) is 94.1 Å². The molecule has 0 unspecified atom stereocenters. The number of dihydropyridines is 1. The molecule has 0 fully saturated rings. The third-order valence-electron chi connectivity index (χ3n) is 3.90. The van der Waals surface area contributed by atoms with Crippen LogP contribution in [0.15, 0.2) is 52.0 Å². The average molecular weight is 330 g/mol. The molecule has 1 aliphatic rings. The molecule has 1 heterocycles. The maximum absolute atomic E-state index is 12.3. The largest absolute Gasteiger partial charge is 0.466 e. The first-order valence-electron chi connectivity index (χ1n) is 7.23. The van der Waals surface area contributed by atoms with Gasteiger partial charge in [-0.15, -0.1) is 4.91 Å². The summed E-state index contributed by atoms with van der Waals surface area (Å²) in [5.74, 6) is -1.75. The number of hydrogen-bond acceptors (Lipinski definition) is 7. The van der Waals surface area contributed by atoms with Crippen LogP contribution in [0.4, 0.5) is 5.69 Å². The van der Waals surface area contributed by atoms with Gasteiger partial charge < -0.3 is 14.8 Å². The van der Waals surface area contributed by atoms with Gasteiger partial charge in [0.2, 0.25) is 0 Å². The number of benzene rings is 1. The Morgan fingerprint density at radius 2 is 1.42 bits per heavy atom. The fourth-order valence-corrected chi connectivity index (χ4v) is 2.82. The van der Waals surface area contributed by atoms with Crippen molar-refractivity contribution in [3.8, 4) is 0 Å². The minimum absolute atomic E-state index is 0.258. The molecule has 0 radical (unpaired) electrons. The van der Waals surface area contributed by atoms with Crippen LogP contribution in [0.5, 0.6) is 0 Å². The Bertz CT molecular complexity index is 709. The van der Waals surface area contributed by atoms with Crippen LogP contribution in [-0.4, -0.2) is 26.2 Å². The van der Waals surface area contributed by atoms with Gasteiger partial charge in [0.15, 0.2) is 0 Å². The summed E-state index contributed by atoms with van der Waals surface area (Å²) in [5.41, 5.74) is 2.73. The van der Waals surface area contributed by atoms with Crippen molar-refractivity contribution in [1.29, 1.82) is 0 Å². The van der Waals surface area contributed by atoms with E-state index in [4.69, 9.17) is 9.47 Å². The van der Waals surface area contributed by atoms with Crippen LogP contribution in [0.2, 0.25) is 0 Å². The predicted octanol–water partition coefficient (Wildman–Crippen LogP) is 2.67. The summed E-state index contributed by atoms with van der Waals surface area (Å²) < 4.78 is 9.75. The third-order valence-corrected chi connectivity index (χ3v) is 3.90. The first-order chi connectivity index (χ1) is 11.4. The van der Waals surface area contributed by atoms with E-state index in [1.54, 1.807) is 26.0 Å². The van der Waals surface area contributed by atoms with Crippen molar-refractivity contribution in [2.45, 2.75) is 19.8 Å². The van der Waals surface area contributed by atoms with Crippen molar-refractivity contribution in [2.24, 2.45) is 5.18 Å². The fourth-order valence-electron chi connectivity index (χ4n) is 2.82. The van der Waals surface area contributed by atoms with Gasteiger partial charge in [-0.3, -0.25) is 0 Å². The maximum Gasteiger partial charge on any atom is 0.336 e. The zero-order chi connectivity index (χ0) is 17.9. The van der Waals surface area contributed by atoms with Gasteiger partial charge in [0, 0.05) is 11.4 Å². The Morgan fingerprint density at radius 3 is 1.79 bits per heavy atom. The highest BCUT2D eigenvalue weighted by molar-refractivity contribution is 5.99. The average Bonchev–Trinajstić information content (AvgIpc) is 2.60. The number of carbonyl (C=O) groups excluding carboxylic acids is 2. The van der Waals surface area contributed by atoms with Gasteiger partial charge in [-0.05, 0) is 36.7 Å². The van der Waals surface area contributed by atoms with E-state index in [2.05, 4.69) is 10.5 Å². The number of carbonyl (C=O) groups is 2. The molecule has 7 heteroatoms. The summed E-state index contributed by atoms with van der Waals surface area (Å²) in [6.07, 6.45) is 0. The van der Waals surface area contributed by atoms with Crippen molar-refractivity contribution in [3.63, 3.8) is 0 Å². The lowest BCUT2D eigenvalue weighted by atomic mass is 9.80. The number of nitroso groups, excluding NO2 is 1. The van der Waals surface area contributed by atoms with Gasteiger partial charge in [0.1, 0.15) is 5.69 Å². The van der Waals surface area contributed by atoms with Gasteiger partial charge in [-0.2, -0.15) is 0 Å². The minimum Gasteiger partial charge on any atom is -0.466 e. The number of allylic oxidation sites excluding steroid dienone is 2. The van der Waals surface area contributed by atoms with E-state index in [0.29, 0.717) is 28.1 Å². The number of rotatable bonds is 4. The van der Waals surface area contributed by atoms with Gasteiger partial charge in [-0.1, -0.05) is 12.1 Å². The second kappa shape index (κ2) is 7.08. The molecule has 0 saturated carbocycles. The van der Waals surface area contributed by atoms with Crippen LogP contribution in [-0.2, 0) is 19.1 Å². The Kier molecular flexibility index (Phi) is 5.13. The van der Waals surface area contributed by atoms with Crippen molar-refractivity contribution < 1.29 is 19.1 Å². The lowest BCUT2D eigenvalue weighted by Crippen LogP contribution is -2.32. The summed E-state index contributed by atoms with van der Waals surface area (Å²) in [4.78, 5) is 35.2. The van der Waals surface area contributed by atoms with E-state index < -0.39 is 17.9 Å². The molecule has 1 aromatic rings. The van der Waals surface area contributed by atoms with Crippen LogP contribution < -0.4 is 5.32 Å². The van der Waals surface area contributed by atoms with Crippen LogP contribution >= 0.6 is 0 Å². The highest BCUT2D eigenvalue weighted by Gasteiger charge is 2.37. The summed E-state index contributed by atoms with van der Waals surface area (Å²) >= 11 is 0. The number of nitrogens with zero attached hydrogens (tertiary/aromatic N) is 1. The molecule has 0 aromatic heterocycles. The first kappa shape index (κ1) is 17.4. The lowest BCUT2D eigenvalue weighted by molar-refractivity contribution is -0.137. The van der Waals surface area contributed by atoms with Crippen LogP contribution in [0.25, 0.3) is 0 Å². The molecule has 0 amide bonds. The molecule has 24 heavy (non-hydrogen) atoms. The summed E-state index contributed by atoms with van der Waals surface area (Å²) in [5, 5.41) is 5.88. The van der Waals surface area contributed by atoms with E-state index in [-0.39, 0.29) is 5.69 Å². The fraction of sp³-hybridized carbons (Fsp3) is 0.294. The molecule has 2 rings (SSSR count). The number of hydrogen-bond donors (Lipinski definition) is 1. The zero-order valence-electron chi connectivity index (χ0n) is 13.9. The van der Waals surface area contributed by atoms with E-state index in [0.717, 1.165) is 0 Å².